The maximum absolute atomic E-state index is 12.0. The van der Waals surface area contributed by atoms with E-state index < -0.39 is 0 Å². The van der Waals surface area contributed by atoms with E-state index in [0.29, 0.717) is 11.7 Å². The second-order valence-electron chi connectivity index (χ2n) is 5.47. The van der Waals surface area contributed by atoms with Crippen molar-refractivity contribution in [2.45, 2.75) is 49.3 Å². The fraction of sp³-hybridized carbons (Fsp3) is 0.923. The van der Waals surface area contributed by atoms with Crippen molar-refractivity contribution in [1.29, 1.82) is 0 Å². The molecule has 0 aromatic carbocycles. The molecule has 0 bridgehead atoms. The molecule has 0 aromatic rings. The average molecular weight is 288 g/mol. The van der Waals surface area contributed by atoms with E-state index in [-0.39, 0.29) is 11.4 Å². The van der Waals surface area contributed by atoms with E-state index in [1.54, 1.807) is 0 Å². The molecule has 3 N–H and O–H groups in total. The third-order valence-corrected chi connectivity index (χ3v) is 6.62. The molecule has 0 spiro atoms. The largest absolute Gasteiger partial charge is 0.355 e. The first kappa shape index (κ1) is 14.5. The number of thioether (sulfide) groups is 2. The summed E-state index contributed by atoms with van der Waals surface area (Å²) in [6, 6.07) is 0. The molecule has 2 aliphatic rings. The fourth-order valence-corrected chi connectivity index (χ4v) is 5.31. The van der Waals surface area contributed by atoms with Crippen LogP contribution >= 0.6 is 23.5 Å². The first-order valence-electron chi connectivity index (χ1n) is 6.93. The minimum absolute atomic E-state index is 0.149. The lowest BCUT2D eigenvalue weighted by molar-refractivity contribution is -0.122. The van der Waals surface area contributed by atoms with Crippen molar-refractivity contribution < 1.29 is 4.79 Å². The van der Waals surface area contributed by atoms with Gasteiger partial charge in [-0.05, 0) is 12.8 Å². The zero-order valence-electron chi connectivity index (χ0n) is 11.0. The topological polar surface area (TPSA) is 55.1 Å². The molecule has 104 valence electrons. The van der Waals surface area contributed by atoms with Gasteiger partial charge in [0.1, 0.15) is 0 Å². The van der Waals surface area contributed by atoms with Crippen molar-refractivity contribution in [3.63, 3.8) is 0 Å². The van der Waals surface area contributed by atoms with Crippen LogP contribution in [0.1, 0.15) is 38.5 Å². The number of carbonyl (C=O) groups excluding carboxylic acids is 1. The van der Waals surface area contributed by atoms with Gasteiger partial charge in [-0.15, -0.1) is 0 Å². The highest BCUT2D eigenvalue weighted by molar-refractivity contribution is 8.06. The molecule has 1 atom stereocenters. The van der Waals surface area contributed by atoms with Crippen LogP contribution < -0.4 is 11.1 Å². The summed E-state index contributed by atoms with van der Waals surface area (Å²) in [4.78, 5) is 12.0. The Bertz CT molecular complexity index is 274. The van der Waals surface area contributed by atoms with Crippen molar-refractivity contribution in [3.8, 4) is 0 Å². The van der Waals surface area contributed by atoms with Gasteiger partial charge >= 0.3 is 0 Å². The molecule has 2 rings (SSSR count). The number of amides is 1. The van der Waals surface area contributed by atoms with E-state index in [9.17, 15) is 4.79 Å². The Labute approximate surface area is 118 Å². The molecule has 2 fully saturated rings. The Kier molecular flexibility index (Phi) is 5.70. The molecule has 1 heterocycles. The zero-order chi connectivity index (χ0) is 12.8. The van der Waals surface area contributed by atoms with E-state index in [2.05, 4.69) is 5.32 Å². The smallest absolute Gasteiger partial charge is 0.221 e. The SMILES string of the molecule is NC1(CC(=O)NCC2CSCCS2)CCCCC1. The summed E-state index contributed by atoms with van der Waals surface area (Å²) < 4.78 is 0. The fourth-order valence-electron chi connectivity index (χ4n) is 2.70. The Balaban J connectivity index is 1.67. The van der Waals surface area contributed by atoms with Crippen LogP contribution in [0.5, 0.6) is 0 Å². The summed E-state index contributed by atoms with van der Waals surface area (Å²) >= 11 is 3.98. The van der Waals surface area contributed by atoms with Gasteiger partial charge in [-0.25, -0.2) is 0 Å². The van der Waals surface area contributed by atoms with Gasteiger partial charge in [-0.2, -0.15) is 23.5 Å². The van der Waals surface area contributed by atoms with Crippen LogP contribution in [-0.4, -0.2) is 40.5 Å². The van der Waals surface area contributed by atoms with Crippen LogP contribution in [0.3, 0.4) is 0 Å². The second kappa shape index (κ2) is 7.06. The maximum atomic E-state index is 12.0. The second-order valence-corrected chi connectivity index (χ2v) is 8.03. The highest BCUT2D eigenvalue weighted by Crippen LogP contribution is 2.28. The number of rotatable bonds is 4. The van der Waals surface area contributed by atoms with Crippen LogP contribution in [0.25, 0.3) is 0 Å². The lowest BCUT2D eigenvalue weighted by Crippen LogP contribution is -2.46. The highest BCUT2D eigenvalue weighted by atomic mass is 32.2. The van der Waals surface area contributed by atoms with Crippen molar-refractivity contribution in [2.24, 2.45) is 5.73 Å². The number of hydrogen-bond donors (Lipinski definition) is 2. The van der Waals surface area contributed by atoms with Gasteiger partial charge in [0, 0.05) is 41.0 Å². The third kappa shape index (κ3) is 4.67. The van der Waals surface area contributed by atoms with E-state index >= 15 is 0 Å². The van der Waals surface area contributed by atoms with Gasteiger partial charge in [0.2, 0.25) is 5.91 Å². The summed E-state index contributed by atoms with van der Waals surface area (Å²) in [6.45, 7) is 0.812. The quantitative estimate of drug-likeness (QED) is 0.831. The van der Waals surface area contributed by atoms with E-state index in [0.717, 1.165) is 19.4 Å². The lowest BCUT2D eigenvalue weighted by Gasteiger charge is -2.33. The van der Waals surface area contributed by atoms with Crippen molar-refractivity contribution in [1.82, 2.24) is 5.32 Å². The standard InChI is InChI=1S/C13H24N2OS2/c14-13(4-2-1-3-5-13)8-12(16)15-9-11-10-17-6-7-18-11/h11H,1-10,14H2,(H,15,16). The molecule has 1 saturated heterocycles. The first-order valence-corrected chi connectivity index (χ1v) is 9.13. The van der Waals surface area contributed by atoms with Gasteiger partial charge in [0.15, 0.2) is 0 Å². The summed E-state index contributed by atoms with van der Waals surface area (Å²) in [6.07, 6.45) is 6.16. The van der Waals surface area contributed by atoms with Crippen LogP contribution in [0.4, 0.5) is 0 Å². The summed E-state index contributed by atoms with van der Waals surface area (Å²) in [5, 5.41) is 3.66. The maximum Gasteiger partial charge on any atom is 0.221 e. The molecule has 1 unspecified atom stereocenters. The first-order chi connectivity index (χ1) is 8.68. The van der Waals surface area contributed by atoms with Crippen LogP contribution in [0.2, 0.25) is 0 Å². The lowest BCUT2D eigenvalue weighted by atomic mass is 9.80. The molecular formula is C13H24N2OS2. The number of carbonyl (C=O) groups is 1. The summed E-state index contributed by atoms with van der Waals surface area (Å²) in [7, 11) is 0. The van der Waals surface area contributed by atoms with Gasteiger partial charge in [0.25, 0.3) is 0 Å². The molecular weight excluding hydrogens is 264 g/mol. The molecule has 18 heavy (non-hydrogen) atoms. The van der Waals surface area contributed by atoms with Gasteiger partial charge in [-0.3, -0.25) is 4.79 Å². The van der Waals surface area contributed by atoms with E-state index in [1.807, 2.05) is 23.5 Å². The van der Waals surface area contributed by atoms with Gasteiger partial charge in [0.05, 0.1) is 0 Å². The third-order valence-electron chi connectivity index (χ3n) is 3.77. The Morgan fingerprint density at radius 2 is 2.06 bits per heavy atom. The van der Waals surface area contributed by atoms with E-state index in [4.69, 9.17) is 5.73 Å². The molecule has 1 amide bonds. The van der Waals surface area contributed by atoms with E-state index in [1.165, 1.54) is 36.5 Å². The van der Waals surface area contributed by atoms with Crippen molar-refractivity contribution in [2.75, 3.05) is 23.8 Å². The Morgan fingerprint density at radius 1 is 1.28 bits per heavy atom. The molecule has 1 aliphatic heterocycles. The summed E-state index contributed by atoms with van der Waals surface area (Å²) in [5.41, 5.74) is 6.07. The molecule has 1 aliphatic carbocycles. The van der Waals surface area contributed by atoms with Crippen molar-refractivity contribution >= 4 is 29.4 Å². The molecule has 0 aromatic heterocycles. The minimum atomic E-state index is -0.225. The average Bonchev–Trinajstić information content (AvgIpc) is 2.38. The molecule has 0 radical (unpaired) electrons. The zero-order valence-corrected chi connectivity index (χ0v) is 12.6. The van der Waals surface area contributed by atoms with Crippen LogP contribution in [0.15, 0.2) is 0 Å². The number of hydrogen-bond acceptors (Lipinski definition) is 4. The normalized spacial score (nSPS) is 27.7. The predicted molar refractivity (Wildman–Crippen MR) is 81.2 cm³/mol. The van der Waals surface area contributed by atoms with Gasteiger partial charge < -0.3 is 11.1 Å². The Hall–Kier alpha value is 0.130. The van der Waals surface area contributed by atoms with Crippen LogP contribution in [-0.2, 0) is 4.79 Å². The minimum Gasteiger partial charge on any atom is -0.355 e. The monoisotopic (exact) mass is 288 g/mol. The summed E-state index contributed by atoms with van der Waals surface area (Å²) in [5.74, 6) is 3.78. The number of nitrogens with one attached hydrogen (secondary N) is 1. The molecule has 3 nitrogen and oxygen atoms in total. The molecule has 1 saturated carbocycles. The Morgan fingerprint density at radius 3 is 2.72 bits per heavy atom. The predicted octanol–water partition coefficient (Wildman–Crippen LogP) is 2.00. The van der Waals surface area contributed by atoms with Crippen LogP contribution in [0, 0.1) is 0 Å². The van der Waals surface area contributed by atoms with Crippen molar-refractivity contribution in [3.05, 3.63) is 0 Å². The highest BCUT2D eigenvalue weighted by Gasteiger charge is 2.30. The molecule has 5 heteroatoms. The van der Waals surface area contributed by atoms with Gasteiger partial charge in [-0.1, -0.05) is 19.3 Å². The number of nitrogens with two attached hydrogens (primary N) is 1.